The Kier molecular flexibility index (Phi) is 4.11. The van der Waals surface area contributed by atoms with E-state index in [1.54, 1.807) is 0 Å². The molecule has 0 fully saturated rings. The summed E-state index contributed by atoms with van der Waals surface area (Å²) in [5, 5.41) is 0. The van der Waals surface area contributed by atoms with Crippen molar-refractivity contribution in [2.45, 2.75) is 12.8 Å². The van der Waals surface area contributed by atoms with Crippen molar-refractivity contribution in [1.82, 2.24) is 0 Å². The summed E-state index contributed by atoms with van der Waals surface area (Å²) in [5.74, 6) is 2.08. The van der Waals surface area contributed by atoms with Gasteiger partial charge in [-0.15, -0.1) is 0 Å². The zero-order chi connectivity index (χ0) is 4.83. The van der Waals surface area contributed by atoms with Gasteiger partial charge in [0.2, 0.25) is 0 Å². The van der Waals surface area contributed by atoms with Gasteiger partial charge in [0, 0.05) is 6.42 Å². The number of rotatable bonds is 2. The molecule has 0 bridgehead atoms. The summed E-state index contributed by atoms with van der Waals surface area (Å²) in [7, 11) is 0. The molecule has 6 heavy (non-hydrogen) atoms. The van der Waals surface area contributed by atoms with Crippen LogP contribution in [0.1, 0.15) is 12.8 Å². The standard InChI is InChI=1S/C5H6F/c1-2-3-4-5-6/h3-5H2. The Balaban J connectivity index is 2.54. The minimum atomic E-state index is -0.328. The van der Waals surface area contributed by atoms with Crippen molar-refractivity contribution in [1.29, 1.82) is 0 Å². The van der Waals surface area contributed by atoms with Crippen LogP contribution in [0.15, 0.2) is 0 Å². The molecule has 0 N–H and O–H groups in total. The highest BCUT2D eigenvalue weighted by atomic mass is 19.1. The predicted octanol–water partition coefficient (Wildman–Crippen LogP) is 1.33. The molecule has 0 amide bonds. The SMILES string of the molecule is [C]#CCCCF. The van der Waals surface area contributed by atoms with Gasteiger partial charge in [0.1, 0.15) is 0 Å². The number of hydrogen-bond donors (Lipinski definition) is 0. The first-order valence-electron chi connectivity index (χ1n) is 1.87. The molecule has 0 aliphatic carbocycles. The van der Waals surface area contributed by atoms with E-state index in [0.29, 0.717) is 12.8 Å². The van der Waals surface area contributed by atoms with Gasteiger partial charge < -0.3 is 0 Å². The van der Waals surface area contributed by atoms with Crippen molar-refractivity contribution in [2.75, 3.05) is 6.67 Å². The number of alkyl halides is 1. The average molecular weight is 85.1 g/mol. The maximum Gasteiger partial charge on any atom is 0.0903 e. The Morgan fingerprint density at radius 1 is 1.67 bits per heavy atom. The second kappa shape index (κ2) is 4.49. The van der Waals surface area contributed by atoms with Gasteiger partial charge in [0.05, 0.1) is 6.67 Å². The van der Waals surface area contributed by atoms with E-state index in [2.05, 4.69) is 5.92 Å². The molecule has 1 heteroatoms. The van der Waals surface area contributed by atoms with E-state index in [1.807, 2.05) is 0 Å². The summed E-state index contributed by atoms with van der Waals surface area (Å²) >= 11 is 0. The van der Waals surface area contributed by atoms with Crippen LogP contribution in [0.3, 0.4) is 0 Å². The van der Waals surface area contributed by atoms with E-state index in [9.17, 15) is 4.39 Å². The average Bonchev–Trinajstić information content (AvgIpc) is 1.61. The molecule has 0 nitrogen and oxygen atoms in total. The smallest absolute Gasteiger partial charge is 0.0903 e. The summed E-state index contributed by atoms with van der Waals surface area (Å²) in [6.07, 6.45) is 7.19. The van der Waals surface area contributed by atoms with Crippen LogP contribution in [0.5, 0.6) is 0 Å². The third-order valence-corrected chi connectivity index (χ3v) is 0.435. The van der Waals surface area contributed by atoms with Gasteiger partial charge in [-0.1, -0.05) is 5.92 Å². The molecule has 0 heterocycles. The van der Waals surface area contributed by atoms with Crippen molar-refractivity contribution in [2.24, 2.45) is 0 Å². The van der Waals surface area contributed by atoms with E-state index in [4.69, 9.17) is 6.42 Å². The molecule has 0 aliphatic rings. The molecule has 33 valence electrons. The first kappa shape index (κ1) is 5.49. The lowest BCUT2D eigenvalue weighted by Crippen LogP contribution is -1.69. The highest BCUT2D eigenvalue weighted by Crippen LogP contribution is 1.83. The molecule has 1 radical (unpaired) electrons. The Bertz CT molecular complexity index is 51.4. The normalized spacial score (nSPS) is 7.33. The van der Waals surface area contributed by atoms with Crippen molar-refractivity contribution in [3.05, 3.63) is 6.42 Å². The largest absolute Gasteiger partial charge is 0.251 e. The van der Waals surface area contributed by atoms with E-state index in [0.717, 1.165) is 0 Å². The van der Waals surface area contributed by atoms with E-state index >= 15 is 0 Å². The highest BCUT2D eigenvalue weighted by molar-refractivity contribution is 4.73. The second-order valence-corrected chi connectivity index (χ2v) is 0.969. The predicted molar refractivity (Wildman–Crippen MR) is 22.3 cm³/mol. The maximum atomic E-state index is 11.1. The van der Waals surface area contributed by atoms with Crippen LogP contribution in [-0.2, 0) is 0 Å². The zero-order valence-corrected chi connectivity index (χ0v) is 3.50. The quantitative estimate of drug-likeness (QED) is 0.350. The van der Waals surface area contributed by atoms with Crippen LogP contribution in [-0.4, -0.2) is 6.67 Å². The number of unbranched alkanes of at least 4 members (excludes halogenated alkanes) is 1. The van der Waals surface area contributed by atoms with Crippen LogP contribution in [0.4, 0.5) is 4.39 Å². The molecule has 0 saturated carbocycles. The fourth-order valence-corrected chi connectivity index (χ4v) is 0.155. The molecule has 0 aromatic heterocycles. The molecular weight excluding hydrogens is 79.1 g/mol. The van der Waals surface area contributed by atoms with Gasteiger partial charge in [0.15, 0.2) is 0 Å². The molecule has 0 rings (SSSR count). The minimum Gasteiger partial charge on any atom is -0.251 e. The van der Waals surface area contributed by atoms with E-state index < -0.39 is 0 Å². The first-order valence-corrected chi connectivity index (χ1v) is 1.87. The third-order valence-electron chi connectivity index (χ3n) is 0.435. The summed E-state index contributed by atoms with van der Waals surface area (Å²) in [6.45, 7) is -0.328. The Hall–Kier alpha value is -0.510. The third kappa shape index (κ3) is 3.49. The fourth-order valence-electron chi connectivity index (χ4n) is 0.155. The molecule has 0 spiro atoms. The number of hydrogen-bond acceptors (Lipinski definition) is 0. The maximum absolute atomic E-state index is 11.1. The fraction of sp³-hybridized carbons (Fsp3) is 0.600. The first-order chi connectivity index (χ1) is 2.91. The lowest BCUT2D eigenvalue weighted by Gasteiger charge is -1.76. The van der Waals surface area contributed by atoms with Crippen LogP contribution in [0, 0.1) is 12.3 Å². The summed E-state index contributed by atoms with van der Waals surface area (Å²) in [6, 6.07) is 0. The number of halogens is 1. The van der Waals surface area contributed by atoms with Gasteiger partial charge in [-0.05, 0) is 12.8 Å². The Morgan fingerprint density at radius 3 is 2.50 bits per heavy atom. The van der Waals surface area contributed by atoms with Gasteiger partial charge in [-0.3, -0.25) is 4.39 Å². The Labute approximate surface area is 37.4 Å². The monoisotopic (exact) mass is 85.0 g/mol. The molecular formula is C5H6F. The molecule has 0 aromatic carbocycles. The van der Waals surface area contributed by atoms with Crippen molar-refractivity contribution >= 4 is 0 Å². The van der Waals surface area contributed by atoms with Crippen LogP contribution >= 0.6 is 0 Å². The lowest BCUT2D eigenvalue weighted by molar-refractivity contribution is 0.477. The van der Waals surface area contributed by atoms with Gasteiger partial charge in [-0.25, -0.2) is 0 Å². The van der Waals surface area contributed by atoms with Crippen molar-refractivity contribution in [3.8, 4) is 5.92 Å². The summed E-state index contributed by atoms with van der Waals surface area (Å²) in [4.78, 5) is 0. The molecule has 0 unspecified atom stereocenters. The van der Waals surface area contributed by atoms with Crippen molar-refractivity contribution in [3.63, 3.8) is 0 Å². The molecule has 0 atom stereocenters. The highest BCUT2D eigenvalue weighted by Gasteiger charge is 1.75. The molecule has 0 saturated heterocycles. The molecule has 0 aliphatic heterocycles. The second-order valence-electron chi connectivity index (χ2n) is 0.969. The lowest BCUT2D eigenvalue weighted by atomic mass is 10.3. The van der Waals surface area contributed by atoms with Gasteiger partial charge in [0.25, 0.3) is 0 Å². The van der Waals surface area contributed by atoms with Crippen LogP contribution in [0.25, 0.3) is 0 Å². The Morgan fingerprint density at radius 2 is 2.33 bits per heavy atom. The topological polar surface area (TPSA) is 0 Å². The minimum absolute atomic E-state index is 0.328. The summed E-state index contributed by atoms with van der Waals surface area (Å²) in [5.41, 5.74) is 0. The van der Waals surface area contributed by atoms with E-state index in [-0.39, 0.29) is 6.67 Å². The van der Waals surface area contributed by atoms with E-state index in [1.165, 1.54) is 0 Å². The summed E-state index contributed by atoms with van der Waals surface area (Å²) < 4.78 is 11.1. The van der Waals surface area contributed by atoms with Gasteiger partial charge >= 0.3 is 0 Å². The van der Waals surface area contributed by atoms with Crippen LogP contribution < -0.4 is 0 Å². The van der Waals surface area contributed by atoms with Crippen molar-refractivity contribution < 1.29 is 4.39 Å². The molecule has 0 aromatic rings. The van der Waals surface area contributed by atoms with Gasteiger partial charge in [-0.2, -0.15) is 0 Å². The zero-order valence-electron chi connectivity index (χ0n) is 3.50. The van der Waals surface area contributed by atoms with Crippen LogP contribution in [0.2, 0.25) is 0 Å².